The van der Waals surface area contributed by atoms with Gasteiger partial charge in [-0.15, -0.1) is 0 Å². The van der Waals surface area contributed by atoms with Gasteiger partial charge in [-0.1, -0.05) is 31.2 Å². The molecule has 27 heavy (non-hydrogen) atoms. The van der Waals surface area contributed by atoms with E-state index in [0.29, 0.717) is 12.2 Å². The van der Waals surface area contributed by atoms with Gasteiger partial charge in [0.1, 0.15) is 23.7 Å². The molecule has 0 aliphatic rings. The van der Waals surface area contributed by atoms with Crippen LogP contribution in [0.3, 0.4) is 0 Å². The van der Waals surface area contributed by atoms with Gasteiger partial charge in [0.25, 0.3) is 0 Å². The third-order valence-electron chi connectivity index (χ3n) is 4.08. The molecule has 0 atom stereocenters. The molecule has 5 heteroatoms. The molecule has 0 saturated heterocycles. The number of rotatable bonds is 9. The van der Waals surface area contributed by atoms with Crippen molar-refractivity contribution in [1.82, 2.24) is 0 Å². The first-order chi connectivity index (χ1) is 13.0. The fourth-order valence-corrected chi connectivity index (χ4v) is 2.72. The van der Waals surface area contributed by atoms with Crippen LogP contribution in [-0.2, 0) is 16.1 Å². The number of carboxylic acids is 1. The number of methoxy groups -OCH3 is 1. The summed E-state index contributed by atoms with van der Waals surface area (Å²) in [6.07, 6.45) is 2.16. The first-order valence-corrected chi connectivity index (χ1v) is 8.89. The highest BCUT2D eigenvalue weighted by molar-refractivity contribution is 6.15. The molecular weight excluding hydrogens is 344 g/mol. The van der Waals surface area contributed by atoms with Crippen LogP contribution in [0.1, 0.15) is 35.6 Å². The zero-order valence-electron chi connectivity index (χ0n) is 16.2. The van der Waals surface area contributed by atoms with E-state index in [1.165, 1.54) is 13.4 Å². The van der Waals surface area contributed by atoms with Gasteiger partial charge in [-0.2, -0.15) is 0 Å². The Morgan fingerprint density at radius 2 is 1.78 bits per heavy atom. The molecule has 0 spiro atoms. The van der Waals surface area contributed by atoms with Gasteiger partial charge < -0.3 is 19.3 Å². The zero-order chi connectivity index (χ0) is 19.8. The summed E-state index contributed by atoms with van der Waals surface area (Å²) >= 11 is 0. The Balaban J connectivity index is 2.29. The van der Waals surface area contributed by atoms with Crippen LogP contribution in [0.25, 0.3) is 5.57 Å². The molecule has 0 saturated carbocycles. The number of hydrogen-bond donors (Lipinski definition) is 1. The van der Waals surface area contributed by atoms with Crippen LogP contribution in [0.15, 0.2) is 42.7 Å². The molecule has 0 fully saturated rings. The molecule has 2 aromatic rings. The van der Waals surface area contributed by atoms with E-state index in [9.17, 15) is 9.90 Å². The average molecular weight is 370 g/mol. The van der Waals surface area contributed by atoms with Crippen molar-refractivity contribution in [2.45, 2.75) is 33.8 Å². The molecule has 0 aliphatic carbocycles. The van der Waals surface area contributed by atoms with E-state index in [4.69, 9.17) is 14.2 Å². The van der Waals surface area contributed by atoms with Gasteiger partial charge in [-0.3, -0.25) is 0 Å². The van der Waals surface area contributed by atoms with Crippen LogP contribution in [0.4, 0.5) is 0 Å². The summed E-state index contributed by atoms with van der Waals surface area (Å²) in [5, 5.41) is 9.46. The molecule has 144 valence electrons. The van der Waals surface area contributed by atoms with E-state index in [1.54, 1.807) is 12.1 Å². The van der Waals surface area contributed by atoms with Gasteiger partial charge >= 0.3 is 5.97 Å². The second-order valence-corrected chi connectivity index (χ2v) is 6.25. The Morgan fingerprint density at radius 3 is 2.41 bits per heavy atom. The average Bonchev–Trinajstić information content (AvgIpc) is 2.65. The number of hydrogen-bond acceptors (Lipinski definition) is 4. The fourth-order valence-electron chi connectivity index (χ4n) is 2.72. The van der Waals surface area contributed by atoms with Crippen LogP contribution in [0.5, 0.6) is 11.5 Å². The second-order valence-electron chi connectivity index (χ2n) is 6.25. The third kappa shape index (κ3) is 5.26. The minimum Gasteiger partial charge on any atom is -0.503 e. The minimum absolute atomic E-state index is 0.0876. The van der Waals surface area contributed by atoms with E-state index >= 15 is 0 Å². The molecule has 2 rings (SSSR count). The number of benzene rings is 2. The van der Waals surface area contributed by atoms with E-state index in [0.717, 1.165) is 34.6 Å². The lowest BCUT2D eigenvalue weighted by atomic mass is 10.0. The topological polar surface area (TPSA) is 65.0 Å². The summed E-state index contributed by atoms with van der Waals surface area (Å²) in [6.45, 7) is 6.90. The van der Waals surface area contributed by atoms with Crippen LogP contribution in [0.2, 0.25) is 0 Å². The predicted molar refractivity (Wildman–Crippen MR) is 105 cm³/mol. The third-order valence-corrected chi connectivity index (χ3v) is 4.08. The molecule has 0 unspecified atom stereocenters. The molecule has 0 aliphatic heterocycles. The van der Waals surface area contributed by atoms with Crippen molar-refractivity contribution in [3.63, 3.8) is 0 Å². The molecule has 0 heterocycles. The summed E-state index contributed by atoms with van der Waals surface area (Å²) in [6, 6.07) is 11.2. The normalized spacial score (nSPS) is 11.2. The Kier molecular flexibility index (Phi) is 7.29. The smallest absolute Gasteiger partial charge is 0.339 e. The Labute approximate surface area is 160 Å². The molecule has 0 aromatic heterocycles. The molecular formula is C22H26O5. The first kappa shape index (κ1) is 20.4. The van der Waals surface area contributed by atoms with E-state index < -0.39 is 5.97 Å². The van der Waals surface area contributed by atoms with Crippen molar-refractivity contribution in [3.05, 3.63) is 64.9 Å². The Morgan fingerprint density at radius 1 is 1.11 bits per heavy atom. The minimum atomic E-state index is -1.05. The number of carbonyl (C=O) groups is 1. The highest BCUT2D eigenvalue weighted by Gasteiger charge is 2.16. The number of aliphatic carboxylic acids is 1. The maximum atomic E-state index is 11.6. The lowest BCUT2D eigenvalue weighted by molar-refractivity contribution is -0.130. The van der Waals surface area contributed by atoms with Crippen LogP contribution >= 0.6 is 0 Å². The second kappa shape index (κ2) is 9.67. The van der Waals surface area contributed by atoms with Crippen molar-refractivity contribution >= 4 is 11.5 Å². The van der Waals surface area contributed by atoms with Crippen molar-refractivity contribution in [1.29, 1.82) is 0 Å². The molecule has 5 nitrogen and oxygen atoms in total. The molecule has 1 N–H and O–H groups in total. The summed E-state index contributed by atoms with van der Waals surface area (Å²) < 4.78 is 16.8. The Bertz CT molecular complexity index is 823. The SMILES string of the molecule is CCCOc1cc(C)cc(OCc2ccccc2/C(=C\OC)C(=O)O)c1C. The van der Waals surface area contributed by atoms with Crippen LogP contribution in [0, 0.1) is 13.8 Å². The van der Waals surface area contributed by atoms with Gasteiger partial charge in [-0.05, 0) is 49.1 Å². The summed E-state index contributed by atoms with van der Waals surface area (Å²) in [4.78, 5) is 11.6. The largest absolute Gasteiger partial charge is 0.503 e. The van der Waals surface area contributed by atoms with Gasteiger partial charge in [0.15, 0.2) is 0 Å². The standard InChI is InChI=1S/C22H26O5/c1-5-10-26-20-11-15(2)12-21(16(20)3)27-13-17-8-6-7-9-18(17)19(14-25-4)22(23)24/h6-9,11-12,14H,5,10,13H2,1-4H3,(H,23,24)/b19-14+. The van der Waals surface area contributed by atoms with Gasteiger partial charge in [-0.25, -0.2) is 4.79 Å². The highest BCUT2D eigenvalue weighted by atomic mass is 16.5. The van der Waals surface area contributed by atoms with Gasteiger partial charge in [0.05, 0.1) is 20.0 Å². The van der Waals surface area contributed by atoms with Crippen LogP contribution < -0.4 is 9.47 Å². The van der Waals surface area contributed by atoms with Gasteiger partial charge in [0, 0.05) is 5.56 Å². The quantitative estimate of drug-likeness (QED) is 0.510. The predicted octanol–water partition coefficient (Wildman–Crippen LogP) is 4.74. The maximum absolute atomic E-state index is 11.6. The number of aryl methyl sites for hydroxylation is 1. The summed E-state index contributed by atoms with van der Waals surface area (Å²) in [5.41, 5.74) is 3.39. The first-order valence-electron chi connectivity index (χ1n) is 8.89. The fraction of sp³-hybridized carbons (Fsp3) is 0.318. The molecule has 0 amide bonds. The molecule has 0 bridgehead atoms. The van der Waals surface area contributed by atoms with Crippen molar-refractivity contribution in [3.8, 4) is 11.5 Å². The van der Waals surface area contributed by atoms with Crippen molar-refractivity contribution in [2.24, 2.45) is 0 Å². The number of carboxylic acid groups (broad SMARTS) is 1. The van der Waals surface area contributed by atoms with Crippen molar-refractivity contribution < 1.29 is 24.1 Å². The Hall–Kier alpha value is -2.95. The zero-order valence-corrected chi connectivity index (χ0v) is 16.2. The monoisotopic (exact) mass is 370 g/mol. The van der Waals surface area contributed by atoms with Crippen LogP contribution in [-0.4, -0.2) is 24.8 Å². The van der Waals surface area contributed by atoms with E-state index in [1.807, 2.05) is 38.1 Å². The number of ether oxygens (including phenoxy) is 3. The van der Waals surface area contributed by atoms with Gasteiger partial charge in [0.2, 0.25) is 0 Å². The summed E-state index contributed by atoms with van der Waals surface area (Å²) in [7, 11) is 1.43. The van der Waals surface area contributed by atoms with E-state index in [-0.39, 0.29) is 12.2 Å². The maximum Gasteiger partial charge on any atom is 0.339 e. The molecule has 2 aromatic carbocycles. The lowest BCUT2D eigenvalue weighted by Gasteiger charge is -2.16. The molecule has 0 radical (unpaired) electrons. The summed E-state index contributed by atoms with van der Waals surface area (Å²) in [5.74, 6) is 0.487. The highest BCUT2D eigenvalue weighted by Crippen LogP contribution is 2.31. The lowest BCUT2D eigenvalue weighted by Crippen LogP contribution is -2.07. The van der Waals surface area contributed by atoms with E-state index in [2.05, 4.69) is 6.92 Å². The van der Waals surface area contributed by atoms with Crippen molar-refractivity contribution in [2.75, 3.05) is 13.7 Å².